The Kier molecular flexibility index (Phi) is 4.06. The minimum atomic E-state index is -0.602. The molecule has 0 aromatic carbocycles. The monoisotopic (exact) mass is 226 g/mol. The van der Waals surface area contributed by atoms with Gasteiger partial charge in [0.15, 0.2) is 0 Å². The fourth-order valence-corrected chi connectivity index (χ4v) is 1.39. The zero-order chi connectivity index (χ0) is 12.3. The second kappa shape index (κ2) is 5.12. The summed E-state index contributed by atoms with van der Waals surface area (Å²) < 4.78 is 2.49. The summed E-state index contributed by atoms with van der Waals surface area (Å²) in [6.45, 7) is 4.06. The Morgan fingerprint density at radius 1 is 1.31 bits per heavy atom. The summed E-state index contributed by atoms with van der Waals surface area (Å²) in [5.74, 6) is 0.107. The third kappa shape index (κ3) is 2.61. The first-order valence-corrected chi connectivity index (χ1v) is 5.41. The highest BCUT2D eigenvalue weighted by Crippen LogP contribution is 2.08. The molecule has 0 amide bonds. The third-order valence-electron chi connectivity index (χ3n) is 2.92. The van der Waals surface area contributed by atoms with Gasteiger partial charge in [0.1, 0.15) is 0 Å². The maximum absolute atomic E-state index is 11.6. The molecule has 0 fully saturated rings. The van der Waals surface area contributed by atoms with E-state index < -0.39 is 17.2 Å². The van der Waals surface area contributed by atoms with Crippen LogP contribution in [0.1, 0.15) is 20.3 Å². The summed E-state index contributed by atoms with van der Waals surface area (Å²) in [6.07, 6.45) is 3.28. The molecule has 5 nitrogen and oxygen atoms in total. The van der Waals surface area contributed by atoms with E-state index >= 15 is 0 Å². The molecule has 0 aliphatic carbocycles. The lowest BCUT2D eigenvalue weighted by molar-refractivity contribution is 0.0952. The molecule has 0 bridgehead atoms. The lowest BCUT2D eigenvalue weighted by Gasteiger charge is -2.18. The molecule has 1 aromatic rings. The van der Waals surface area contributed by atoms with Gasteiger partial charge in [0.25, 0.3) is 0 Å². The number of aryl methyl sites for hydroxylation is 1. The van der Waals surface area contributed by atoms with Crippen molar-refractivity contribution < 1.29 is 5.11 Å². The number of hydrogen-bond acceptors (Lipinski definition) is 3. The van der Waals surface area contributed by atoms with Crippen LogP contribution in [0, 0.1) is 5.92 Å². The van der Waals surface area contributed by atoms with Gasteiger partial charge in [0, 0.05) is 19.4 Å². The van der Waals surface area contributed by atoms with Gasteiger partial charge in [-0.2, -0.15) is 0 Å². The molecule has 1 rings (SSSR count). The second-order valence-corrected chi connectivity index (χ2v) is 4.12. The molecule has 0 spiro atoms. The lowest BCUT2D eigenvalue weighted by atomic mass is 10.0. The highest BCUT2D eigenvalue weighted by atomic mass is 16.3. The van der Waals surface area contributed by atoms with Gasteiger partial charge in [0.05, 0.1) is 12.6 Å². The van der Waals surface area contributed by atoms with E-state index in [1.807, 2.05) is 13.8 Å². The first kappa shape index (κ1) is 12.7. The van der Waals surface area contributed by atoms with Crippen LogP contribution in [0.5, 0.6) is 0 Å². The van der Waals surface area contributed by atoms with Crippen molar-refractivity contribution in [2.45, 2.75) is 32.9 Å². The summed E-state index contributed by atoms with van der Waals surface area (Å²) in [7, 11) is 1.53. The maximum Gasteiger partial charge on any atom is 0.316 e. The number of aliphatic hydroxyl groups excluding tert-OH is 1. The fourth-order valence-electron chi connectivity index (χ4n) is 1.39. The molecule has 90 valence electrons. The van der Waals surface area contributed by atoms with Gasteiger partial charge in [-0.15, -0.1) is 0 Å². The van der Waals surface area contributed by atoms with Crippen molar-refractivity contribution in [2.24, 2.45) is 13.0 Å². The van der Waals surface area contributed by atoms with Crippen molar-refractivity contribution in [3.05, 3.63) is 33.1 Å². The number of rotatable bonds is 4. The molecule has 0 saturated heterocycles. The van der Waals surface area contributed by atoms with Gasteiger partial charge in [-0.05, 0) is 5.92 Å². The van der Waals surface area contributed by atoms with Crippen molar-refractivity contribution in [3.8, 4) is 0 Å². The quantitative estimate of drug-likeness (QED) is 0.732. The van der Waals surface area contributed by atoms with Crippen molar-refractivity contribution in [3.63, 3.8) is 0 Å². The van der Waals surface area contributed by atoms with E-state index in [1.54, 1.807) is 0 Å². The molecule has 2 unspecified atom stereocenters. The highest BCUT2D eigenvalue weighted by Gasteiger charge is 2.14. The van der Waals surface area contributed by atoms with Crippen LogP contribution in [0.4, 0.5) is 0 Å². The van der Waals surface area contributed by atoms with Crippen LogP contribution in [0.3, 0.4) is 0 Å². The van der Waals surface area contributed by atoms with Gasteiger partial charge in [-0.3, -0.25) is 9.59 Å². The molecule has 5 heteroatoms. The molecule has 1 heterocycles. The smallest absolute Gasteiger partial charge is 0.316 e. The van der Waals surface area contributed by atoms with E-state index in [0.717, 1.165) is 6.42 Å². The molecule has 1 aromatic heterocycles. The fraction of sp³-hybridized carbons (Fsp3) is 0.636. The predicted octanol–water partition coefficient (Wildman–Crippen LogP) is -0.0460. The number of nitrogens with zero attached hydrogens (tertiary/aromatic N) is 2. The Morgan fingerprint density at radius 2 is 1.94 bits per heavy atom. The molecule has 0 radical (unpaired) electrons. The van der Waals surface area contributed by atoms with Gasteiger partial charge in [-0.1, -0.05) is 20.3 Å². The highest BCUT2D eigenvalue weighted by molar-refractivity contribution is 4.85. The Labute approximate surface area is 94.0 Å². The maximum atomic E-state index is 11.6. The Morgan fingerprint density at radius 3 is 2.50 bits per heavy atom. The zero-order valence-electron chi connectivity index (χ0n) is 9.88. The van der Waals surface area contributed by atoms with Crippen LogP contribution in [0.25, 0.3) is 0 Å². The molecule has 0 aliphatic rings. The van der Waals surface area contributed by atoms with Crippen molar-refractivity contribution in [1.82, 2.24) is 9.13 Å². The topological polar surface area (TPSA) is 64.2 Å². The lowest BCUT2D eigenvalue weighted by Crippen LogP contribution is -2.41. The van der Waals surface area contributed by atoms with E-state index in [1.165, 1.54) is 28.6 Å². The first-order valence-electron chi connectivity index (χ1n) is 5.41. The van der Waals surface area contributed by atoms with Crippen LogP contribution in [0.2, 0.25) is 0 Å². The average Bonchev–Trinajstić information content (AvgIpc) is 2.28. The van der Waals surface area contributed by atoms with Crippen LogP contribution in [0.15, 0.2) is 22.0 Å². The molecule has 0 saturated carbocycles. The molecule has 2 atom stereocenters. The predicted molar refractivity (Wildman–Crippen MR) is 61.4 cm³/mol. The Balaban J connectivity index is 2.95. The molecule has 0 aliphatic heterocycles. The molecular formula is C11H18N2O3. The van der Waals surface area contributed by atoms with Gasteiger partial charge in [0.2, 0.25) is 0 Å². The van der Waals surface area contributed by atoms with Crippen molar-refractivity contribution in [1.29, 1.82) is 0 Å². The van der Waals surface area contributed by atoms with E-state index in [2.05, 4.69) is 0 Å². The average molecular weight is 226 g/mol. The van der Waals surface area contributed by atoms with E-state index in [0.29, 0.717) is 0 Å². The number of aliphatic hydroxyl groups is 1. The number of aromatic nitrogens is 2. The first-order chi connectivity index (χ1) is 7.47. The van der Waals surface area contributed by atoms with Crippen LogP contribution < -0.4 is 11.1 Å². The summed E-state index contributed by atoms with van der Waals surface area (Å²) in [5, 5.41) is 9.79. The summed E-state index contributed by atoms with van der Waals surface area (Å²) in [4.78, 5) is 22.9. The van der Waals surface area contributed by atoms with Crippen molar-refractivity contribution >= 4 is 0 Å². The number of hydrogen-bond donors (Lipinski definition) is 1. The van der Waals surface area contributed by atoms with Crippen molar-refractivity contribution in [2.75, 3.05) is 0 Å². The van der Waals surface area contributed by atoms with E-state index in [-0.39, 0.29) is 12.5 Å². The van der Waals surface area contributed by atoms with Crippen LogP contribution in [-0.2, 0) is 13.6 Å². The van der Waals surface area contributed by atoms with E-state index in [4.69, 9.17) is 0 Å². The van der Waals surface area contributed by atoms with Crippen LogP contribution >= 0.6 is 0 Å². The molecular weight excluding hydrogens is 208 g/mol. The SMILES string of the molecule is CCC(C)C(O)Cn1ccn(C)c(=O)c1=O. The largest absolute Gasteiger partial charge is 0.391 e. The standard InChI is InChI=1S/C11H18N2O3/c1-4-8(2)9(14)7-13-6-5-12(3)10(15)11(13)16/h5-6,8-9,14H,4,7H2,1-3H3. The molecule has 1 N–H and O–H groups in total. The Hall–Kier alpha value is -1.36. The third-order valence-corrected chi connectivity index (χ3v) is 2.92. The second-order valence-electron chi connectivity index (χ2n) is 4.12. The van der Waals surface area contributed by atoms with Crippen LogP contribution in [-0.4, -0.2) is 20.3 Å². The normalized spacial score (nSPS) is 14.8. The summed E-state index contributed by atoms with van der Waals surface area (Å²) in [6, 6.07) is 0. The Bertz CT molecular complexity index is 461. The minimum absolute atomic E-state index is 0.107. The minimum Gasteiger partial charge on any atom is -0.391 e. The zero-order valence-corrected chi connectivity index (χ0v) is 9.88. The summed E-state index contributed by atoms with van der Waals surface area (Å²) in [5.41, 5.74) is -1.16. The van der Waals surface area contributed by atoms with Gasteiger partial charge < -0.3 is 14.2 Å². The summed E-state index contributed by atoms with van der Waals surface area (Å²) >= 11 is 0. The van der Waals surface area contributed by atoms with Gasteiger partial charge in [-0.25, -0.2) is 0 Å². The molecule has 16 heavy (non-hydrogen) atoms. The van der Waals surface area contributed by atoms with Gasteiger partial charge >= 0.3 is 11.1 Å². The van der Waals surface area contributed by atoms with E-state index in [9.17, 15) is 14.7 Å².